The van der Waals surface area contributed by atoms with Gasteiger partial charge in [-0.15, -0.1) is 0 Å². The zero-order valence-electron chi connectivity index (χ0n) is 22.2. The van der Waals surface area contributed by atoms with Crippen LogP contribution in [0.15, 0.2) is 162 Å². The Hall–Kier alpha value is -4.46. The van der Waals surface area contributed by atoms with E-state index in [1.165, 1.54) is 55.6 Å². The van der Waals surface area contributed by atoms with Crippen LogP contribution >= 0.6 is 15.9 Å². The average Bonchev–Trinajstić information content (AvgIpc) is 3.03. The molecule has 0 spiro atoms. The van der Waals surface area contributed by atoms with Gasteiger partial charge in [-0.2, -0.15) is 0 Å². The molecule has 6 aromatic carbocycles. The number of benzene rings is 6. The Morgan fingerprint density at radius 1 is 0.425 bits per heavy atom. The summed E-state index contributed by atoms with van der Waals surface area (Å²) in [7, 11) is 0. The van der Waals surface area contributed by atoms with Crippen LogP contribution in [0.4, 0.5) is 0 Å². The summed E-state index contributed by atoms with van der Waals surface area (Å²) in [4.78, 5) is 0. The molecule has 0 nitrogen and oxygen atoms in total. The number of allylic oxidation sites excluding steroid dienone is 1. The largest absolute Gasteiger partial charge is 0.0622 e. The Balaban J connectivity index is 1.31. The third kappa shape index (κ3) is 6.22. The third-order valence-corrected chi connectivity index (χ3v) is 7.78. The summed E-state index contributed by atoms with van der Waals surface area (Å²) >= 11 is 3.54. The fourth-order valence-corrected chi connectivity index (χ4v) is 5.29. The van der Waals surface area contributed by atoms with Gasteiger partial charge in [0.25, 0.3) is 0 Å². The molecule has 0 aliphatic carbocycles. The lowest BCUT2D eigenvalue weighted by Crippen LogP contribution is -1.92. The van der Waals surface area contributed by atoms with E-state index in [0.29, 0.717) is 0 Å². The van der Waals surface area contributed by atoms with E-state index in [2.05, 4.69) is 180 Å². The summed E-state index contributed by atoms with van der Waals surface area (Å²) in [6, 6.07) is 56.4. The lowest BCUT2D eigenvalue weighted by atomic mass is 9.93. The van der Waals surface area contributed by atoms with Crippen molar-refractivity contribution < 1.29 is 0 Å². The Kier molecular flexibility index (Phi) is 7.84. The predicted octanol–water partition coefficient (Wildman–Crippen LogP) is 11.2. The molecule has 0 aliphatic heterocycles. The van der Waals surface area contributed by atoms with Crippen molar-refractivity contribution in [2.24, 2.45) is 0 Å². The summed E-state index contributed by atoms with van der Waals surface area (Å²) in [6.07, 6.45) is 3.18. The van der Waals surface area contributed by atoms with E-state index in [0.717, 1.165) is 10.9 Å². The van der Waals surface area contributed by atoms with E-state index in [1.807, 2.05) is 0 Å². The summed E-state index contributed by atoms with van der Waals surface area (Å²) < 4.78 is 1.09. The number of hydrogen-bond acceptors (Lipinski definition) is 0. The molecule has 0 saturated heterocycles. The van der Waals surface area contributed by atoms with Crippen molar-refractivity contribution in [3.8, 4) is 33.4 Å². The Labute approximate surface area is 245 Å². The first-order chi connectivity index (χ1) is 19.7. The van der Waals surface area contributed by atoms with Crippen LogP contribution < -0.4 is 0 Å². The van der Waals surface area contributed by atoms with Gasteiger partial charge in [-0.25, -0.2) is 0 Å². The molecule has 0 bridgehead atoms. The highest BCUT2D eigenvalue weighted by atomic mass is 79.9. The van der Waals surface area contributed by atoms with Crippen LogP contribution in [-0.4, -0.2) is 0 Å². The van der Waals surface area contributed by atoms with E-state index in [9.17, 15) is 0 Å². The molecule has 6 aromatic rings. The first-order valence-corrected chi connectivity index (χ1v) is 14.4. The lowest BCUT2D eigenvalue weighted by molar-refractivity contribution is 1.29. The van der Waals surface area contributed by atoms with Crippen LogP contribution in [0.3, 0.4) is 0 Å². The molecular weight excluding hydrogens is 548 g/mol. The van der Waals surface area contributed by atoms with Crippen molar-refractivity contribution >= 4 is 27.6 Å². The molecule has 192 valence electrons. The van der Waals surface area contributed by atoms with Gasteiger partial charge in [0, 0.05) is 4.47 Å². The van der Waals surface area contributed by atoms with Crippen molar-refractivity contribution in [2.75, 3.05) is 0 Å². The molecule has 0 N–H and O–H groups in total. The first-order valence-electron chi connectivity index (χ1n) is 13.6. The molecule has 0 fully saturated rings. The average molecular weight is 578 g/mol. The zero-order chi connectivity index (χ0) is 27.1. The van der Waals surface area contributed by atoms with Crippen molar-refractivity contribution in [3.63, 3.8) is 0 Å². The summed E-state index contributed by atoms with van der Waals surface area (Å²) in [5.41, 5.74) is 12.4. The van der Waals surface area contributed by atoms with E-state index in [1.54, 1.807) is 0 Å². The van der Waals surface area contributed by atoms with E-state index in [4.69, 9.17) is 0 Å². The zero-order valence-corrected chi connectivity index (χ0v) is 23.8. The van der Waals surface area contributed by atoms with Crippen LogP contribution in [-0.2, 0) is 6.42 Å². The summed E-state index contributed by atoms with van der Waals surface area (Å²) in [6.45, 7) is 0. The second kappa shape index (κ2) is 12.2. The van der Waals surface area contributed by atoms with Crippen LogP contribution in [0.2, 0.25) is 0 Å². The highest BCUT2D eigenvalue weighted by Gasteiger charge is 2.07. The van der Waals surface area contributed by atoms with Gasteiger partial charge >= 0.3 is 0 Å². The second-order valence-corrected chi connectivity index (χ2v) is 10.9. The van der Waals surface area contributed by atoms with E-state index in [-0.39, 0.29) is 0 Å². The minimum absolute atomic E-state index is 0.854. The van der Waals surface area contributed by atoms with Gasteiger partial charge < -0.3 is 0 Å². The summed E-state index contributed by atoms with van der Waals surface area (Å²) in [5, 5.41) is 0. The summed E-state index contributed by atoms with van der Waals surface area (Å²) in [5.74, 6) is 0. The maximum Gasteiger partial charge on any atom is 0.0175 e. The normalized spacial score (nSPS) is 11.4. The molecule has 0 heterocycles. The molecule has 1 heteroatoms. The van der Waals surface area contributed by atoms with Crippen molar-refractivity contribution in [2.45, 2.75) is 6.42 Å². The fraction of sp³-hybridized carbons (Fsp3) is 0.0256. The van der Waals surface area contributed by atoms with Crippen molar-refractivity contribution in [1.82, 2.24) is 0 Å². The topological polar surface area (TPSA) is 0 Å². The van der Waals surface area contributed by atoms with Crippen LogP contribution in [0.5, 0.6) is 0 Å². The molecule has 0 atom stereocenters. The number of rotatable bonds is 7. The SMILES string of the molecule is Brc1ccc(-c2ccc(/C(=C\c3ccc(-c4ccccc4)cc3)Cc3ccc(-c4ccccc4)cc3)cc2)cc1. The fourth-order valence-electron chi connectivity index (χ4n) is 5.02. The van der Waals surface area contributed by atoms with Gasteiger partial charge in [-0.05, 0) is 74.2 Å². The van der Waals surface area contributed by atoms with E-state index >= 15 is 0 Å². The standard InChI is InChI=1S/C39H29Br/c40-39-25-23-36(24-26-39)35-19-21-37(22-20-35)38(27-29-11-15-33(16-12-29)31-7-3-1-4-8-31)28-30-13-17-34(18-14-30)32-9-5-2-6-10-32/h1-27H,28H2/b38-27-. The predicted molar refractivity (Wildman–Crippen MR) is 175 cm³/mol. The van der Waals surface area contributed by atoms with Crippen LogP contribution in [0, 0.1) is 0 Å². The Bertz CT molecular complexity index is 1700. The van der Waals surface area contributed by atoms with Gasteiger partial charge in [0.05, 0.1) is 0 Å². The molecule has 0 saturated carbocycles. The Morgan fingerprint density at radius 3 is 1.32 bits per heavy atom. The molecule has 0 unspecified atom stereocenters. The Morgan fingerprint density at radius 2 is 0.825 bits per heavy atom. The van der Waals surface area contributed by atoms with Crippen LogP contribution in [0.25, 0.3) is 45.0 Å². The smallest absolute Gasteiger partial charge is 0.0175 e. The molecule has 0 aliphatic rings. The molecule has 6 rings (SSSR count). The number of halogens is 1. The number of hydrogen-bond donors (Lipinski definition) is 0. The van der Waals surface area contributed by atoms with Gasteiger partial charge in [-0.3, -0.25) is 0 Å². The maximum absolute atomic E-state index is 3.54. The van der Waals surface area contributed by atoms with Crippen molar-refractivity contribution in [1.29, 1.82) is 0 Å². The third-order valence-electron chi connectivity index (χ3n) is 7.25. The maximum atomic E-state index is 3.54. The molecule has 40 heavy (non-hydrogen) atoms. The molecule has 0 amide bonds. The molecule has 0 aromatic heterocycles. The highest BCUT2D eigenvalue weighted by Crippen LogP contribution is 2.29. The highest BCUT2D eigenvalue weighted by molar-refractivity contribution is 9.10. The minimum Gasteiger partial charge on any atom is -0.0622 e. The van der Waals surface area contributed by atoms with Gasteiger partial charge in [-0.1, -0.05) is 168 Å². The van der Waals surface area contributed by atoms with Gasteiger partial charge in [0.1, 0.15) is 0 Å². The lowest BCUT2D eigenvalue weighted by Gasteiger charge is -2.12. The molecule has 0 radical (unpaired) electrons. The monoisotopic (exact) mass is 576 g/mol. The molecular formula is C39H29Br. The van der Waals surface area contributed by atoms with Gasteiger partial charge in [0.15, 0.2) is 0 Å². The van der Waals surface area contributed by atoms with Crippen LogP contribution in [0.1, 0.15) is 16.7 Å². The minimum atomic E-state index is 0.854. The quantitative estimate of drug-likeness (QED) is 0.166. The first kappa shape index (κ1) is 25.8. The second-order valence-electron chi connectivity index (χ2n) is 9.98. The van der Waals surface area contributed by atoms with Gasteiger partial charge in [0.2, 0.25) is 0 Å². The van der Waals surface area contributed by atoms with E-state index < -0.39 is 0 Å². The van der Waals surface area contributed by atoms with Crippen molar-refractivity contribution in [3.05, 3.63) is 179 Å².